The number of rotatable bonds is 8. The van der Waals surface area contributed by atoms with Crippen molar-refractivity contribution in [1.82, 2.24) is 0 Å². The monoisotopic (exact) mass is 622 g/mol. The van der Waals surface area contributed by atoms with E-state index in [1.54, 1.807) is 11.4 Å². The van der Waals surface area contributed by atoms with Gasteiger partial charge in [0.05, 0.1) is 5.04 Å². The molecule has 0 radical (unpaired) electrons. The van der Waals surface area contributed by atoms with Crippen molar-refractivity contribution in [2.75, 3.05) is 0 Å². The fraction of sp³-hybridized carbons (Fsp3) is 0.118. The molecular weight excluding hydrogens is 585 g/mol. The third-order valence-corrected chi connectivity index (χ3v) is 24.9. The summed E-state index contributed by atoms with van der Waals surface area (Å²) in [5, 5.41) is 0.129. The third-order valence-electron chi connectivity index (χ3n) is 7.82. The molecule has 4 aromatic rings. The molecule has 0 bridgehead atoms. The molecule has 8 heteroatoms. The quantitative estimate of drug-likeness (QED) is 0.152. The molecule has 1 fully saturated rings. The molecule has 5 rings (SSSR count). The van der Waals surface area contributed by atoms with Crippen LogP contribution in [-0.2, 0) is 21.5 Å². The molecule has 0 amide bonds. The molecule has 1 heterocycles. The van der Waals surface area contributed by atoms with Gasteiger partial charge in [-0.05, 0) is 58.6 Å². The Morgan fingerprint density at radius 1 is 0.500 bits per heavy atom. The molecule has 1 aliphatic rings. The molecule has 0 spiro atoms. The third kappa shape index (κ3) is 5.25. The van der Waals surface area contributed by atoms with Crippen LogP contribution in [-0.4, -0.2) is 34.2 Å². The zero-order chi connectivity index (χ0) is 29.9. The summed E-state index contributed by atoms with van der Waals surface area (Å²) in [5.41, 5.74) is 8.66. The van der Waals surface area contributed by atoms with Crippen molar-refractivity contribution in [2.45, 2.75) is 24.7 Å². The van der Waals surface area contributed by atoms with Gasteiger partial charge in [0.25, 0.3) is 0 Å². The van der Waals surface area contributed by atoms with Crippen molar-refractivity contribution in [3.8, 4) is 0 Å². The summed E-state index contributed by atoms with van der Waals surface area (Å²) in [4.78, 5) is 0. The van der Waals surface area contributed by atoms with Gasteiger partial charge in [0.1, 0.15) is 0 Å². The van der Waals surface area contributed by atoms with E-state index >= 15 is 0 Å². The van der Waals surface area contributed by atoms with Crippen molar-refractivity contribution in [1.29, 1.82) is 0 Å². The number of hydrogen-bond donors (Lipinski definition) is 0. The molecule has 1 aliphatic heterocycles. The highest BCUT2D eigenvalue weighted by atomic mass is 28.5. The number of hydrogen-bond acceptors (Lipinski definition) is 4. The van der Waals surface area contributed by atoms with Crippen LogP contribution in [0.3, 0.4) is 0 Å². The van der Waals surface area contributed by atoms with E-state index in [9.17, 15) is 0 Å². The van der Waals surface area contributed by atoms with Crippen LogP contribution in [0.25, 0.3) is 0 Å². The standard InChI is InChI=1S/C34H38O4Si4/c1-7-41(8-2)36-39(4,5)35-40(6,37-42(9-3,38-41)33-28-20-13-21-29-33)34(30-22-14-10-15-23-30,31-24-16-11-17-25-31)32-26-18-12-19-27-32/h7-29H,1-3H2,4-6H3. The Labute approximate surface area is 254 Å². The van der Waals surface area contributed by atoms with Crippen LogP contribution in [0.5, 0.6) is 0 Å². The van der Waals surface area contributed by atoms with Crippen LogP contribution < -0.4 is 5.19 Å². The molecule has 0 aliphatic carbocycles. The zero-order valence-corrected chi connectivity index (χ0v) is 28.5. The second kappa shape index (κ2) is 11.8. The zero-order valence-electron chi connectivity index (χ0n) is 24.5. The Bertz CT molecular complexity index is 1430. The lowest BCUT2D eigenvalue weighted by molar-refractivity contribution is 0.234. The maximum atomic E-state index is 7.73. The SMILES string of the molecule is C=C[Si]1(C=C)O[Si](C)(C)O[Si](C)(C(c2ccccc2)(c2ccccc2)c2ccccc2)O[Si](C=C)(c2ccccc2)O1. The van der Waals surface area contributed by atoms with Crippen molar-refractivity contribution in [3.05, 3.63) is 175 Å². The first-order valence-corrected chi connectivity index (χ1v) is 23.1. The Balaban J connectivity index is 1.91. The van der Waals surface area contributed by atoms with Gasteiger partial charge in [-0.3, -0.25) is 0 Å². The molecule has 1 saturated heterocycles. The van der Waals surface area contributed by atoms with E-state index < -0.39 is 39.3 Å². The van der Waals surface area contributed by atoms with E-state index in [0.29, 0.717) is 0 Å². The summed E-state index contributed by atoms with van der Waals surface area (Å²) in [6.07, 6.45) is 0. The van der Waals surface area contributed by atoms with E-state index in [1.807, 2.05) is 54.2 Å². The molecule has 0 saturated carbocycles. The van der Waals surface area contributed by atoms with E-state index in [-0.39, 0.29) is 0 Å². The average molecular weight is 623 g/mol. The van der Waals surface area contributed by atoms with Crippen molar-refractivity contribution in [2.24, 2.45) is 0 Å². The molecule has 2 unspecified atom stereocenters. The summed E-state index contributed by atoms with van der Waals surface area (Å²) in [6.45, 7) is 18.9. The minimum atomic E-state index is -3.53. The first-order valence-electron chi connectivity index (χ1n) is 14.1. The van der Waals surface area contributed by atoms with Crippen LogP contribution in [0.2, 0.25) is 19.6 Å². The normalized spacial score (nSPS) is 23.6. The van der Waals surface area contributed by atoms with E-state index in [2.05, 4.69) is 112 Å². The first kappa shape index (κ1) is 30.3. The van der Waals surface area contributed by atoms with Crippen LogP contribution >= 0.6 is 0 Å². The summed E-state index contributed by atoms with van der Waals surface area (Å²) in [5.74, 6) is 0. The highest BCUT2D eigenvalue weighted by molar-refractivity contribution is 7.02. The lowest BCUT2D eigenvalue weighted by atomic mass is 9.84. The predicted octanol–water partition coefficient (Wildman–Crippen LogP) is 7.38. The minimum Gasteiger partial charge on any atom is -0.415 e. The number of benzene rings is 4. The van der Waals surface area contributed by atoms with Crippen LogP contribution in [0.15, 0.2) is 158 Å². The van der Waals surface area contributed by atoms with E-state index in [1.165, 1.54) is 0 Å². The first-order chi connectivity index (χ1) is 20.2. The fourth-order valence-electron chi connectivity index (χ4n) is 6.21. The lowest BCUT2D eigenvalue weighted by Crippen LogP contribution is -2.75. The Kier molecular flexibility index (Phi) is 8.52. The second-order valence-electron chi connectivity index (χ2n) is 11.0. The molecule has 4 nitrogen and oxygen atoms in total. The van der Waals surface area contributed by atoms with Gasteiger partial charge in [0.15, 0.2) is 0 Å². The van der Waals surface area contributed by atoms with E-state index in [4.69, 9.17) is 16.5 Å². The van der Waals surface area contributed by atoms with Gasteiger partial charge in [-0.25, -0.2) is 0 Å². The highest BCUT2D eigenvalue weighted by Gasteiger charge is 2.66. The van der Waals surface area contributed by atoms with Gasteiger partial charge in [-0.1, -0.05) is 121 Å². The predicted molar refractivity (Wildman–Crippen MR) is 181 cm³/mol. The molecule has 0 N–H and O–H groups in total. The van der Waals surface area contributed by atoms with E-state index in [0.717, 1.165) is 21.9 Å². The molecular formula is C34H38O4Si4. The fourth-order valence-corrected chi connectivity index (χ4v) is 26.7. The van der Waals surface area contributed by atoms with Gasteiger partial charge in [-0.2, -0.15) is 0 Å². The van der Waals surface area contributed by atoms with Crippen LogP contribution in [0, 0.1) is 0 Å². The van der Waals surface area contributed by atoms with Gasteiger partial charge < -0.3 is 16.5 Å². The average Bonchev–Trinajstić information content (AvgIpc) is 3.01. The maximum absolute atomic E-state index is 7.73. The lowest BCUT2D eigenvalue weighted by Gasteiger charge is -2.55. The maximum Gasteiger partial charge on any atom is 0.381 e. The van der Waals surface area contributed by atoms with Gasteiger partial charge in [0, 0.05) is 0 Å². The van der Waals surface area contributed by atoms with Crippen molar-refractivity contribution < 1.29 is 16.5 Å². The summed E-state index contributed by atoms with van der Waals surface area (Å²) >= 11 is 0. The molecule has 214 valence electrons. The Morgan fingerprint density at radius 3 is 1.29 bits per heavy atom. The van der Waals surface area contributed by atoms with Crippen LogP contribution in [0.4, 0.5) is 0 Å². The smallest absolute Gasteiger partial charge is 0.381 e. The summed E-state index contributed by atoms with van der Waals surface area (Å²) < 4.78 is 29.4. The Hall–Kier alpha value is -3.19. The van der Waals surface area contributed by atoms with Crippen LogP contribution in [0.1, 0.15) is 16.7 Å². The highest BCUT2D eigenvalue weighted by Crippen LogP contribution is 2.50. The minimum absolute atomic E-state index is 0.798. The van der Waals surface area contributed by atoms with Gasteiger partial charge >= 0.3 is 34.2 Å². The molecule has 42 heavy (non-hydrogen) atoms. The largest absolute Gasteiger partial charge is 0.415 e. The van der Waals surface area contributed by atoms with Crippen molar-refractivity contribution in [3.63, 3.8) is 0 Å². The van der Waals surface area contributed by atoms with Gasteiger partial charge in [-0.15, -0.1) is 19.7 Å². The molecule has 4 aromatic carbocycles. The topological polar surface area (TPSA) is 36.9 Å². The molecule has 2 atom stereocenters. The summed E-state index contributed by atoms with van der Waals surface area (Å²) in [6, 6.07) is 41.7. The summed E-state index contributed by atoms with van der Waals surface area (Å²) in [7, 11) is -13.2. The Morgan fingerprint density at radius 2 is 0.905 bits per heavy atom. The second-order valence-corrected chi connectivity index (χ2v) is 24.3. The molecule has 0 aromatic heterocycles. The van der Waals surface area contributed by atoms with Gasteiger partial charge in [0.2, 0.25) is 0 Å². The van der Waals surface area contributed by atoms with Crippen molar-refractivity contribution >= 4 is 39.4 Å².